The molecule has 0 unspecified atom stereocenters. The van der Waals surface area contributed by atoms with Crippen molar-refractivity contribution in [2.24, 2.45) is 33.5 Å². The molecule has 4 heterocycles. The lowest BCUT2D eigenvalue weighted by atomic mass is 9.73. The number of nitrogens with zero attached hydrogens (tertiary/aromatic N) is 3. The van der Waals surface area contributed by atoms with Crippen LogP contribution in [0.4, 0.5) is 0 Å². The fraction of sp³-hybridized carbons (Fsp3) is 0.848. The van der Waals surface area contributed by atoms with E-state index in [0.29, 0.717) is 71.5 Å². The van der Waals surface area contributed by atoms with Crippen molar-refractivity contribution in [2.75, 3.05) is 52.6 Å². The molecule has 0 bridgehead atoms. The third-order valence-electron chi connectivity index (χ3n) is 17.4. The van der Waals surface area contributed by atoms with Gasteiger partial charge in [0.15, 0.2) is 0 Å². The van der Waals surface area contributed by atoms with Crippen molar-refractivity contribution in [2.45, 2.75) is 161 Å². The minimum absolute atomic E-state index is 0.0492. The van der Waals surface area contributed by atoms with Crippen LogP contribution in [0.15, 0.2) is 12.7 Å². The summed E-state index contributed by atoms with van der Waals surface area (Å²) in [4.78, 5) is 77.6. The van der Waals surface area contributed by atoms with E-state index in [-0.39, 0.29) is 65.6 Å². The van der Waals surface area contributed by atoms with Gasteiger partial charge in [0.25, 0.3) is 5.91 Å². The zero-order valence-electron chi connectivity index (χ0n) is 38.9. The summed E-state index contributed by atoms with van der Waals surface area (Å²) >= 11 is 0. The first-order valence-electron chi connectivity index (χ1n) is 23.9. The standard InChI is InChI=1S/C46H75N7O9S/c1-9-32-27-46(32,41(58)50-63(59,60)51(10-2)11-3)49-38(55)34-28-45(42(6,7)44(45)18-14-19-44)29-53(34)40(57)36(43(8)20-25-62-26-21-43)48-39(56)35(31-16-23-61-24-17-31)47-37(54)33-15-12-13-22-52(33)30(4)5/h9,30-36H,1,10-29H2,2-8H3,(H,47,54)(H,48,56)(H,49,55)(H,50,58)/t32-,33+,34+,35+,36-,45-,46-/m1/s1. The molecule has 5 amide bonds. The average molecular weight is 902 g/mol. The Morgan fingerprint density at radius 3 is 2.03 bits per heavy atom. The first-order valence-corrected chi connectivity index (χ1v) is 25.3. The number of rotatable bonds is 16. The Morgan fingerprint density at radius 2 is 1.48 bits per heavy atom. The summed E-state index contributed by atoms with van der Waals surface area (Å²) < 4.78 is 41.3. The molecule has 0 aromatic rings. The second-order valence-corrected chi connectivity index (χ2v) is 22.5. The van der Waals surface area contributed by atoms with Gasteiger partial charge in [-0.15, -0.1) is 6.58 Å². The highest BCUT2D eigenvalue weighted by Gasteiger charge is 2.85. The van der Waals surface area contributed by atoms with Crippen molar-refractivity contribution >= 4 is 39.7 Å². The molecule has 7 fully saturated rings. The monoisotopic (exact) mass is 902 g/mol. The number of hydrogen-bond acceptors (Lipinski definition) is 10. The van der Waals surface area contributed by atoms with Crippen LogP contribution in [0.2, 0.25) is 0 Å². The maximum Gasteiger partial charge on any atom is 0.303 e. The van der Waals surface area contributed by atoms with Gasteiger partial charge in [0.05, 0.1) is 6.04 Å². The van der Waals surface area contributed by atoms with Gasteiger partial charge in [0, 0.05) is 68.9 Å². The van der Waals surface area contributed by atoms with E-state index >= 15 is 4.79 Å². The number of carbonyl (C=O) groups excluding carboxylic acids is 5. The molecule has 0 radical (unpaired) electrons. The molecule has 4 N–H and O–H groups in total. The molecule has 16 nitrogen and oxygen atoms in total. The Balaban J connectivity index is 1.20. The second kappa shape index (κ2) is 17.9. The molecule has 4 aliphatic heterocycles. The van der Waals surface area contributed by atoms with Gasteiger partial charge in [-0.25, -0.2) is 4.72 Å². The fourth-order valence-corrected chi connectivity index (χ4v) is 14.1. The summed E-state index contributed by atoms with van der Waals surface area (Å²) in [6.07, 6.45) is 9.88. The summed E-state index contributed by atoms with van der Waals surface area (Å²) in [7, 11) is -4.19. The predicted octanol–water partition coefficient (Wildman–Crippen LogP) is 3.02. The molecule has 17 heteroatoms. The number of fused-ring (bicyclic) bond motifs is 1. The van der Waals surface area contributed by atoms with Crippen LogP contribution in [0.3, 0.4) is 0 Å². The van der Waals surface area contributed by atoms with E-state index in [1.807, 2.05) is 6.92 Å². The number of likely N-dealkylation sites (tertiary alicyclic amines) is 2. The largest absolute Gasteiger partial charge is 0.381 e. The number of carbonyl (C=O) groups is 5. The van der Waals surface area contributed by atoms with Crippen LogP contribution in [-0.2, 0) is 43.7 Å². The lowest BCUT2D eigenvalue weighted by Gasteiger charge is -2.43. The van der Waals surface area contributed by atoms with Crippen LogP contribution in [0.1, 0.15) is 126 Å². The molecular weight excluding hydrogens is 827 g/mol. The minimum Gasteiger partial charge on any atom is -0.381 e. The van der Waals surface area contributed by atoms with Gasteiger partial charge in [-0.2, -0.15) is 12.7 Å². The molecule has 0 aromatic carbocycles. The van der Waals surface area contributed by atoms with Crippen molar-refractivity contribution in [3.05, 3.63) is 12.7 Å². The molecule has 3 saturated carbocycles. The molecule has 3 aliphatic carbocycles. The van der Waals surface area contributed by atoms with Crippen molar-refractivity contribution in [1.82, 2.24) is 34.8 Å². The number of nitrogens with one attached hydrogen (secondary N) is 4. The van der Waals surface area contributed by atoms with E-state index in [9.17, 15) is 27.6 Å². The van der Waals surface area contributed by atoms with Crippen molar-refractivity contribution in [3.8, 4) is 0 Å². The maximum absolute atomic E-state index is 15.7. The minimum atomic E-state index is -4.19. The molecule has 4 saturated heterocycles. The summed E-state index contributed by atoms with van der Waals surface area (Å²) in [6.45, 7) is 21.0. The molecule has 0 aromatic heterocycles. The van der Waals surface area contributed by atoms with Crippen LogP contribution in [0.25, 0.3) is 0 Å². The van der Waals surface area contributed by atoms with Crippen LogP contribution in [0.5, 0.6) is 0 Å². The molecule has 63 heavy (non-hydrogen) atoms. The first-order chi connectivity index (χ1) is 29.8. The molecule has 354 valence electrons. The summed E-state index contributed by atoms with van der Waals surface area (Å²) in [5, 5.41) is 9.39. The average Bonchev–Trinajstić information content (AvgIpc) is 3.97. The molecule has 7 aliphatic rings. The smallest absolute Gasteiger partial charge is 0.303 e. The second-order valence-electron chi connectivity index (χ2n) is 20.8. The third kappa shape index (κ3) is 8.26. The van der Waals surface area contributed by atoms with Gasteiger partial charge in [-0.1, -0.05) is 53.5 Å². The highest BCUT2D eigenvalue weighted by Crippen LogP contribution is 2.88. The van der Waals surface area contributed by atoms with Crippen LogP contribution in [0, 0.1) is 33.5 Å². The zero-order chi connectivity index (χ0) is 45.8. The molecular formula is C46H75N7O9S. The van der Waals surface area contributed by atoms with Gasteiger partial charge in [0.1, 0.15) is 23.7 Å². The van der Waals surface area contributed by atoms with E-state index < -0.39 is 62.9 Å². The van der Waals surface area contributed by atoms with Crippen LogP contribution < -0.4 is 20.7 Å². The predicted molar refractivity (Wildman–Crippen MR) is 237 cm³/mol. The van der Waals surface area contributed by atoms with Crippen LogP contribution >= 0.6 is 0 Å². The Morgan fingerprint density at radius 1 is 0.825 bits per heavy atom. The molecule has 2 spiro atoms. The van der Waals surface area contributed by atoms with Gasteiger partial charge in [-0.05, 0) is 101 Å². The van der Waals surface area contributed by atoms with Gasteiger partial charge >= 0.3 is 10.2 Å². The van der Waals surface area contributed by atoms with E-state index in [0.717, 1.165) is 43.0 Å². The number of ether oxygens (including phenoxy) is 2. The fourth-order valence-electron chi connectivity index (χ4n) is 12.8. The van der Waals surface area contributed by atoms with E-state index in [1.54, 1.807) is 24.8 Å². The molecule has 7 rings (SSSR count). The summed E-state index contributed by atoms with van der Waals surface area (Å²) in [5.41, 5.74) is -2.90. The topological polar surface area (TPSA) is 196 Å². The van der Waals surface area contributed by atoms with Crippen molar-refractivity contribution < 1.29 is 41.9 Å². The van der Waals surface area contributed by atoms with Gasteiger partial charge < -0.3 is 30.3 Å². The highest BCUT2D eigenvalue weighted by molar-refractivity contribution is 7.87. The Bertz CT molecular complexity index is 1890. The van der Waals surface area contributed by atoms with Gasteiger partial charge in [0.2, 0.25) is 23.6 Å². The zero-order valence-corrected chi connectivity index (χ0v) is 39.7. The summed E-state index contributed by atoms with van der Waals surface area (Å²) in [5.74, 6) is -3.09. The van der Waals surface area contributed by atoms with Gasteiger partial charge in [-0.3, -0.25) is 28.9 Å². The van der Waals surface area contributed by atoms with E-state index in [4.69, 9.17) is 9.47 Å². The first kappa shape index (κ1) is 47.8. The summed E-state index contributed by atoms with van der Waals surface area (Å²) in [6, 6.07) is -3.16. The Hall–Kier alpha value is -3.12. The third-order valence-corrected chi connectivity index (χ3v) is 19.0. The van der Waals surface area contributed by atoms with Crippen LogP contribution in [-0.4, -0.2) is 140 Å². The lowest BCUT2D eigenvalue weighted by molar-refractivity contribution is -0.148. The number of hydrogen-bond donors (Lipinski definition) is 4. The lowest BCUT2D eigenvalue weighted by Crippen LogP contribution is -2.64. The Kier molecular flexibility index (Phi) is 13.6. The van der Waals surface area contributed by atoms with E-state index in [1.165, 1.54) is 0 Å². The van der Waals surface area contributed by atoms with E-state index in [2.05, 4.69) is 59.8 Å². The number of amides is 5. The number of piperidine rings is 1. The highest BCUT2D eigenvalue weighted by atomic mass is 32.2. The Labute approximate surface area is 375 Å². The quantitative estimate of drug-likeness (QED) is 0.167. The SMILES string of the molecule is C=C[C@@H]1C[C@]1(NC(=O)[C@@H]1C[C@@]2(CN1C(=O)[C@@H](NC(=O)[C@@H](NC(=O)[C@@H]1CCCCN1C(C)C)C1CCOCC1)C1(C)CCOCC1)C(C)(C)C21CCC1)C(=O)NS(=O)(=O)N(CC)CC. The normalized spacial score (nSPS) is 32.1. The van der Waals surface area contributed by atoms with Crippen molar-refractivity contribution in [1.29, 1.82) is 0 Å². The maximum atomic E-state index is 15.7. The molecule has 7 atom stereocenters. The van der Waals surface area contributed by atoms with Crippen molar-refractivity contribution in [3.63, 3.8) is 0 Å².